The van der Waals surface area contributed by atoms with E-state index in [4.69, 9.17) is 0 Å². The second kappa shape index (κ2) is 6.06. The molecule has 1 aliphatic heterocycles. The average Bonchev–Trinajstić information content (AvgIpc) is 2.85. The van der Waals surface area contributed by atoms with Gasteiger partial charge in [-0.15, -0.1) is 0 Å². The number of rotatable bonds is 3. The third kappa shape index (κ3) is 3.26. The molecule has 1 aromatic carbocycles. The number of amides is 2. The molecule has 0 unspecified atom stereocenters. The van der Waals surface area contributed by atoms with Gasteiger partial charge in [-0.25, -0.2) is 4.79 Å². The zero-order chi connectivity index (χ0) is 13.8. The van der Waals surface area contributed by atoms with Gasteiger partial charge in [-0.3, -0.25) is 0 Å². The van der Waals surface area contributed by atoms with Crippen molar-refractivity contribution >= 4 is 11.7 Å². The van der Waals surface area contributed by atoms with Crippen molar-refractivity contribution in [1.29, 1.82) is 0 Å². The molecular formula is C15H22N2O2. The second-order valence-corrected chi connectivity index (χ2v) is 5.02. The van der Waals surface area contributed by atoms with Crippen LogP contribution in [0.25, 0.3) is 0 Å². The molecule has 104 valence electrons. The second-order valence-electron chi connectivity index (χ2n) is 5.02. The van der Waals surface area contributed by atoms with Crippen LogP contribution < -0.4 is 5.32 Å². The maximum Gasteiger partial charge on any atom is 0.321 e. The lowest BCUT2D eigenvalue weighted by Crippen LogP contribution is -2.33. The van der Waals surface area contributed by atoms with E-state index in [1.807, 2.05) is 6.07 Å². The normalized spacial score (nSPS) is 18.7. The molecule has 0 saturated carbocycles. The third-order valence-electron chi connectivity index (χ3n) is 3.66. The smallest absolute Gasteiger partial charge is 0.321 e. The highest BCUT2D eigenvalue weighted by Gasteiger charge is 2.24. The lowest BCUT2D eigenvalue weighted by Gasteiger charge is -2.18. The van der Waals surface area contributed by atoms with Gasteiger partial charge >= 0.3 is 6.03 Å². The number of carbonyl (C=O) groups is 1. The number of aliphatic hydroxyl groups is 1. The van der Waals surface area contributed by atoms with Gasteiger partial charge in [-0.05, 0) is 36.5 Å². The van der Waals surface area contributed by atoms with E-state index in [-0.39, 0.29) is 12.1 Å². The molecule has 4 heteroatoms. The van der Waals surface area contributed by atoms with Crippen molar-refractivity contribution in [3.8, 4) is 0 Å². The first-order valence-corrected chi connectivity index (χ1v) is 6.99. The molecule has 2 N–H and O–H groups in total. The molecule has 1 heterocycles. The number of anilines is 1. The number of hydrogen-bond acceptors (Lipinski definition) is 2. The minimum Gasteiger partial charge on any atom is -0.391 e. The highest BCUT2D eigenvalue weighted by molar-refractivity contribution is 5.90. The van der Waals surface area contributed by atoms with Crippen molar-refractivity contribution in [2.75, 3.05) is 18.4 Å². The van der Waals surface area contributed by atoms with Crippen molar-refractivity contribution in [2.24, 2.45) is 0 Å². The maximum atomic E-state index is 12.1. The Bertz CT molecular complexity index is 459. The van der Waals surface area contributed by atoms with Crippen molar-refractivity contribution in [3.63, 3.8) is 0 Å². The lowest BCUT2D eigenvalue weighted by atomic mass is 10.1. The number of nitrogens with zero attached hydrogens (tertiary/aromatic N) is 1. The standard InChI is InChI=1S/C15H22N2O2/c1-3-11-5-6-12(4-2)14(9-11)16-15(19)17-8-7-13(18)10-17/h5-6,9,13,18H,3-4,7-8,10H2,1-2H3,(H,16,19)/t13-/m1/s1. The van der Waals surface area contributed by atoms with Gasteiger partial charge in [0.05, 0.1) is 6.10 Å². The van der Waals surface area contributed by atoms with Crippen LogP contribution in [-0.4, -0.2) is 35.2 Å². The first kappa shape index (κ1) is 13.9. The van der Waals surface area contributed by atoms with Crippen LogP contribution in [0.1, 0.15) is 31.4 Å². The number of likely N-dealkylation sites (tertiary alicyclic amines) is 1. The van der Waals surface area contributed by atoms with Crippen LogP contribution in [0, 0.1) is 0 Å². The number of aryl methyl sites for hydroxylation is 2. The molecular weight excluding hydrogens is 240 g/mol. The van der Waals surface area contributed by atoms with Crippen molar-refractivity contribution < 1.29 is 9.90 Å². The number of hydrogen-bond donors (Lipinski definition) is 2. The molecule has 2 amide bonds. The predicted molar refractivity (Wildman–Crippen MR) is 76.4 cm³/mol. The summed E-state index contributed by atoms with van der Waals surface area (Å²) < 4.78 is 0. The van der Waals surface area contributed by atoms with Gasteiger partial charge in [0.15, 0.2) is 0 Å². The summed E-state index contributed by atoms with van der Waals surface area (Å²) in [5.41, 5.74) is 3.26. The maximum absolute atomic E-state index is 12.1. The van der Waals surface area contributed by atoms with Gasteiger partial charge in [-0.2, -0.15) is 0 Å². The summed E-state index contributed by atoms with van der Waals surface area (Å²) in [5.74, 6) is 0. The van der Waals surface area contributed by atoms with Gasteiger partial charge in [-0.1, -0.05) is 26.0 Å². The fourth-order valence-electron chi connectivity index (χ4n) is 2.39. The van der Waals surface area contributed by atoms with E-state index in [1.165, 1.54) is 5.56 Å². The first-order chi connectivity index (χ1) is 9.13. The Hall–Kier alpha value is -1.55. The molecule has 1 saturated heterocycles. The predicted octanol–water partition coefficient (Wildman–Crippen LogP) is 2.41. The number of aliphatic hydroxyl groups excluding tert-OH is 1. The van der Waals surface area contributed by atoms with Gasteiger partial charge in [0.2, 0.25) is 0 Å². The summed E-state index contributed by atoms with van der Waals surface area (Å²) in [6.07, 6.45) is 2.14. The Morgan fingerprint density at radius 1 is 1.42 bits per heavy atom. The fraction of sp³-hybridized carbons (Fsp3) is 0.533. The first-order valence-electron chi connectivity index (χ1n) is 6.99. The Balaban J connectivity index is 2.11. The highest BCUT2D eigenvalue weighted by Crippen LogP contribution is 2.20. The van der Waals surface area contributed by atoms with Crippen LogP contribution >= 0.6 is 0 Å². The number of β-amino-alcohol motifs (C(OH)–C–C–N with tert-alkyl or cyclic N) is 1. The van der Waals surface area contributed by atoms with Crippen LogP contribution in [0.4, 0.5) is 10.5 Å². The Morgan fingerprint density at radius 3 is 2.79 bits per heavy atom. The molecule has 1 fully saturated rings. The average molecular weight is 262 g/mol. The van der Waals surface area contributed by atoms with Crippen LogP contribution in [0.15, 0.2) is 18.2 Å². The summed E-state index contributed by atoms with van der Waals surface area (Å²) in [7, 11) is 0. The number of nitrogens with one attached hydrogen (secondary N) is 1. The van der Waals surface area contributed by atoms with E-state index >= 15 is 0 Å². The molecule has 1 aliphatic rings. The van der Waals surface area contributed by atoms with E-state index in [0.717, 1.165) is 24.1 Å². The number of carbonyl (C=O) groups excluding carboxylic acids is 1. The minimum absolute atomic E-state index is 0.112. The Morgan fingerprint density at radius 2 is 2.21 bits per heavy atom. The zero-order valence-corrected chi connectivity index (χ0v) is 11.6. The Labute approximate surface area is 114 Å². The van der Waals surface area contributed by atoms with E-state index in [1.54, 1.807) is 4.90 Å². The topological polar surface area (TPSA) is 52.6 Å². The molecule has 0 spiro atoms. The molecule has 19 heavy (non-hydrogen) atoms. The molecule has 1 aromatic rings. The highest BCUT2D eigenvalue weighted by atomic mass is 16.3. The molecule has 0 radical (unpaired) electrons. The van der Waals surface area contributed by atoms with Crippen LogP contribution in [-0.2, 0) is 12.8 Å². The lowest BCUT2D eigenvalue weighted by molar-refractivity contribution is 0.176. The van der Waals surface area contributed by atoms with Crippen LogP contribution in [0.2, 0.25) is 0 Å². The van der Waals surface area contributed by atoms with Gasteiger partial charge < -0.3 is 15.3 Å². The molecule has 0 aromatic heterocycles. The molecule has 2 rings (SSSR count). The van der Waals surface area contributed by atoms with Crippen molar-refractivity contribution in [1.82, 2.24) is 4.90 Å². The minimum atomic E-state index is -0.377. The molecule has 0 bridgehead atoms. The molecule has 0 aliphatic carbocycles. The van der Waals surface area contributed by atoms with Crippen LogP contribution in [0.5, 0.6) is 0 Å². The van der Waals surface area contributed by atoms with Gasteiger partial charge in [0.1, 0.15) is 0 Å². The molecule has 4 nitrogen and oxygen atoms in total. The summed E-state index contributed by atoms with van der Waals surface area (Å²) in [6, 6.07) is 6.12. The van der Waals surface area contributed by atoms with Crippen molar-refractivity contribution in [3.05, 3.63) is 29.3 Å². The molecule has 1 atom stereocenters. The fourth-order valence-corrected chi connectivity index (χ4v) is 2.39. The van der Waals surface area contributed by atoms with E-state index in [2.05, 4.69) is 31.3 Å². The monoisotopic (exact) mass is 262 g/mol. The van der Waals surface area contributed by atoms with E-state index in [0.29, 0.717) is 19.5 Å². The quantitative estimate of drug-likeness (QED) is 0.879. The zero-order valence-electron chi connectivity index (χ0n) is 11.6. The van der Waals surface area contributed by atoms with E-state index < -0.39 is 0 Å². The largest absolute Gasteiger partial charge is 0.391 e. The summed E-state index contributed by atoms with van der Waals surface area (Å²) >= 11 is 0. The summed E-state index contributed by atoms with van der Waals surface area (Å²) in [6.45, 7) is 5.24. The number of benzene rings is 1. The summed E-state index contributed by atoms with van der Waals surface area (Å²) in [5, 5.41) is 12.5. The SMILES string of the molecule is CCc1ccc(CC)c(NC(=O)N2CC[C@@H](O)C2)c1. The van der Waals surface area contributed by atoms with E-state index in [9.17, 15) is 9.90 Å². The number of urea groups is 1. The Kier molecular flexibility index (Phi) is 4.43. The third-order valence-corrected chi connectivity index (χ3v) is 3.66. The summed E-state index contributed by atoms with van der Waals surface area (Å²) in [4.78, 5) is 13.8. The van der Waals surface area contributed by atoms with Crippen molar-refractivity contribution in [2.45, 2.75) is 39.2 Å². The van der Waals surface area contributed by atoms with Gasteiger partial charge in [0.25, 0.3) is 0 Å². The van der Waals surface area contributed by atoms with Crippen LogP contribution in [0.3, 0.4) is 0 Å². The van der Waals surface area contributed by atoms with Gasteiger partial charge in [0, 0.05) is 18.8 Å².